The largest absolute Gasteiger partial charge is 0.497 e. The lowest BCUT2D eigenvalue weighted by atomic mass is 9.85. The Hall–Kier alpha value is -2.74. The predicted octanol–water partition coefficient (Wildman–Crippen LogP) is 6.61. The number of methoxy groups -OCH3 is 2. The Bertz CT molecular complexity index is 907. The molecule has 2 heteroatoms. The molecule has 0 radical (unpaired) electrons. The molecule has 0 amide bonds. The van der Waals surface area contributed by atoms with E-state index in [4.69, 9.17) is 9.47 Å². The third-order valence-electron chi connectivity index (χ3n) is 5.25. The molecule has 0 atom stereocenters. The summed E-state index contributed by atoms with van der Waals surface area (Å²) in [6, 6.07) is 19.1. The molecule has 0 spiro atoms. The predicted molar refractivity (Wildman–Crippen MR) is 114 cm³/mol. The van der Waals surface area contributed by atoms with Crippen LogP contribution in [0, 0.1) is 13.8 Å². The molecule has 0 aliphatic carbocycles. The minimum Gasteiger partial charge on any atom is -0.497 e. The van der Waals surface area contributed by atoms with Gasteiger partial charge in [-0.3, -0.25) is 0 Å². The van der Waals surface area contributed by atoms with Gasteiger partial charge in [-0.25, -0.2) is 0 Å². The van der Waals surface area contributed by atoms with E-state index in [1.54, 1.807) is 14.2 Å². The molecule has 140 valence electrons. The van der Waals surface area contributed by atoms with Crippen molar-refractivity contribution in [1.29, 1.82) is 0 Å². The minimum atomic E-state index is 0.882. The highest BCUT2D eigenvalue weighted by atomic mass is 16.5. The van der Waals surface area contributed by atoms with Crippen LogP contribution in [0.3, 0.4) is 0 Å². The second-order valence-electron chi connectivity index (χ2n) is 6.92. The van der Waals surface area contributed by atoms with Crippen LogP contribution in [0.1, 0.15) is 30.0 Å². The highest BCUT2D eigenvalue weighted by Gasteiger charge is 2.15. The monoisotopic (exact) mass is 360 g/mol. The van der Waals surface area contributed by atoms with E-state index in [2.05, 4.69) is 51.1 Å². The lowest BCUT2D eigenvalue weighted by Crippen LogP contribution is -1.99. The SMILES string of the molecule is CCCc1cc(-c2ccc(OC)cc2)c(C)c(-c2ccc(OC)cc2)c1C. The Balaban J connectivity index is 2.19. The van der Waals surface area contributed by atoms with Gasteiger partial charge in [-0.15, -0.1) is 0 Å². The van der Waals surface area contributed by atoms with Crippen molar-refractivity contribution >= 4 is 0 Å². The second-order valence-corrected chi connectivity index (χ2v) is 6.92. The van der Waals surface area contributed by atoms with Crippen molar-refractivity contribution in [2.75, 3.05) is 14.2 Å². The number of ether oxygens (including phenoxy) is 2. The van der Waals surface area contributed by atoms with E-state index in [1.165, 1.54) is 38.9 Å². The van der Waals surface area contributed by atoms with Crippen molar-refractivity contribution in [3.05, 3.63) is 71.3 Å². The van der Waals surface area contributed by atoms with Gasteiger partial charge in [-0.2, -0.15) is 0 Å². The molecule has 0 unspecified atom stereocenters. The zero-order valence-electron chi connectivity index (χ0n) is 16.9. The summed E-state index contributed by atoms with van der Waals surface area (Å²) in [6.07, 6.45) is 2.21. The smallest absolute Gasteiger partial charge is 0.118 e. The molecule has 2 nitrogen and oxygen atoms in total. The van der Waals surface area contributed by atoms with Crippen LogP contribution in [0.5, 0.6) is 11.5 Å². The lowest BCUT2D eigenvalue weighted by Gasteiger charge is -2.19. The second kappa shape index (κ2) is 8.30. The topological polar surface area (TPSA) is 18.5 Å². The molecule has 3 rings (SSSR count). The maximum atomic E-state index is 5.33. The Morgan fingerprint density at radius 3 is 1.70 bits per heavy atom. The average Bonchev–Trinajstić information content (AvgIpc) is 2.71. The quantitative estimate of drug-likeness (QED) is 0.492. The molecule has 0 saturated carbocycles. The third-order valence-corrected chi connectivity index (χ3v) is 5.25. The van der Waals surface area contributed by atoms with Gasteiger partial charge >= 0.3 is 0 Å². The van der Waals surface area contributed by atoms with Crippen molar-refractivity contribution < 1.29 is 9.47 Å². The number of hydrogen-bond donors (Lipinski definition) is 0. The summed E-state index contributed by atoms with van der Waals surface area (Å²) < 4.78 is 10.7. The van der Waals surface area contributed by atoms with Crippen molar-refractivity contribution in [2.45, 2.75) is 33.6 Å². The highest BCUT2D eigenvalue weighted by molar-refractivity contribution is 5.82. The zero-order valence-corrected chi connectivity index (χ0v) is 16.9. The molecule has 0 aromatic heterocycles. The van der Waals surface area contributed by atoms with E-state index in [-0.39, 0.29) is 0 Å². The van der Waals surface area contributed by atoms with Gasteiger partial charge < -0.3 is 9.47 Å². The average molecular weight is 360 g/mol. The van der Waals surface area contributed by atoms with Crippen molar-refractivity contribution in [2.24, 2.45) is 0 Å². The maximum absolute atomic E-state index is 5.33. The highest BCUT2D eigenvalue weighted by Crippen LogP contribution is 2.38. The molecule has 27 heavy (non-hydrogen) atoms. The van der Waals surface area contributed by atoms with Crippen molar-refractivity contribution in [3.8, 4) is 33.8 Å². The van der Waals surface area contributed by atoms with Crippen molar-refractivity contribution in [1.82, 2.24) is 0 Å². The first kappa shape index (κ1) is 19.0. The first-order valence-electron chi connectivity index (χ1n) is 9.51. The molecular formula is C25H28O2. The summed E-state index contributed by atoms with van der Waals surface area (Å²) >= 11 is 0. The van der Waals surface area contributed by atoms with Gasteiger partial charge in [0.25, 0.3) is 0 Å². The minimum absolute atomic E-state index is 0.882. The van der Waals surface area contributed by atoms with Gasteiger partial charge in [0.1, 0.15) is 11.5 Å². The van der Waals surface area contributed by atoms with E-state index in [1.807, 2.05) is 24.3 Å². The number of rotatable bonds is 6. The molecule has 0 saturated heterocycles. The molecule has 0 aliphatic heterocycles. The summed E-state index contributed by atoms with van der Waals surface area (Å²) in [6.45, 7) is 6.70. The summed E-state index contributed by atoms with van der Waals surface area (Å²) in [5, 5.41) is 0. The third kappa shape index (κ3) is 3.85. The fraction of sp³-hybridized carbons (Fsp3) is 0.280. The Labute approximate surface area is 162 Å². The standard InChI is InChI=1S/C25H28O2/c1-6-7-21-16-24(19-8-12-22(26-4)13-9-19)18(3)25(17(21)2)20-10-14-23(27-5)15-11-20/h8-16H,6-7H2,1-5H3. The summed E-state index contributed by atoms with van der Waals surface area (Å²) in [5.41, 5.74) is 9.17. The van der Waals surface area contributed by atoms with Crippen LogP contribution in [-0.2, 0) is 6.42 Å². The van der Waals surface area contributed by atoms with E-state index in [0.29, 0.717) is 0 Å². The Morgan fingerprint density at radius 2 is 1.22 bits per heavy atom. The maximum Gasteiger partial charge on any atom is 0.118 e. The van der Waals surface area contributed by atoms with Gasteiger partial charge in [-0.05, 0) is 83.5 Å². The van der Waals surface area contributed by atoms with Crippen LogP contribution in [0.25, 0.3) is 22.3 Å². The fourth-order valence-corrected chi connectivity index (χ4v) is 3.76. The van der Waals surface area contributed by atoms with Gasteiger partial charge in [-0.1, -0.05) is 43.7 Å². The molecule has 0 heterocycles. The molecule has 0 aliphatic rings. The Morgan fingerprint density at radius 1 is 0.704 bits per heavy atom. The zero-order chi connectivity index (χ0) is 19.4. The van der Waals surface area contributed by atoms with Gasteiger partial charge in [0.2, 0.25) is 0 Å². The summed E-state index contributed by atoms with van der Waals surface area (Å²) in [5.74, 6) is 1.77. The Kier molecular flexibility index (Phi) is 5.85. The number of benzene rings is 3. The molecule has 0 bridgehead atoms. The van der Waals surface area contributed by atoms with Gasteiger partial charge in [0, 0.05) is 0 Å². The van der Waals surface area contributed by atoms with E-state index >= 15 is 0 Å². The molecule has 3 aromatic carbocycles. The molecule has 0 N–H and O–H groups in total. The van der Waals surface area contributed by atoms with Gasteiger partial charge in [0.15, 0.2) is 0 Å². The van der Waals surface area contributed by atoms with Crippen LogP contribution < -0.4 is 9.47 Å². The summed E-state index contributed by atoms with van der Waals surface area (Å²) in [7, 11) is 3.41. The molecular weight excluding hydrogens is 332 g/mol. The molecule has 3 aromatic rings. The van der Waals surface area contributed by atoms with Crippen LogP contribution in [0.4, 0.5) is 0 Å². The summed E-state index contributed by atoms with van der Waals surface area (Å²) in [4.78, 5) is 0. The van der Waals surface area contributed by atoms with Crippen molar-refractivity contribution in [3.63, 3.8) is 0 Å². The number of hydrogen-bond acceptors (Lipinski definition) is 2. The lowest BCUT2D eigenvalue weighted by molar-refractivity contribution is 0.415. The van der Waals surface area contributed by atoms with E-state index < -0.39 is 0 Å². The van der Waals surface area contributed by atoms with Crippen LogP contribution in [0.2, 0.25) is 0 Å². The van der Waals surface area contributed by atoms with E-state index in [0.717, 1.165) is 24.3 Å². The normalized spacial score (nSPS) is 10.7. The van der Waals surface area contributed by atoms with Crippen LogP contribution in [-0.4, -0.2) is 14.2 Å². The first-order chi connectivity index (χ1) is 13.1. The first-order valence-corrected chi connectivity index (χ1v) is 9.51. The van der Waals surface area contributed by atoms with Crippen LogP contribution in [0.15, 0.2) is 54.6 Å². The number of aryl methyl sites for hydroxylation is 1. The van der Waals surface area contributed by atoms with Gasteiger partial charge in [0.05, 0.1) is 14.2 Å². The fourth-order valence-electron chi connectivity index (χ4n) is 3.76. The van der Waals surface area contributed by atoms with E-state index in [9.17, 15) is 0 Å². The van der Waals surface area contributed by atoms with Crippen LogP contribution >= 0.6 is 0 Å². The molecule has 0 fully saturated rings.